The van der Waals surface area contributed by atoms with Crippen molar-refractivity contribution in [3.05, 3.63) is 0 Å². The van der Waals surface area contributed by atoms with Crippen LogP contribution in [0.3, 0.4) is 0 Å². The molecule has 0 spiro atoms. The Morgan fingerprint density at radius 3 is 2.18 bits per heavy atom. The van der Waals surface area contributed by atoms with Crippen LogP contribution >= 0.6 is 0 Å². The summed E-state index contributed by atoms with van der Waals surface area (Å²) < 4.78 is 0. The van der Waals surface area contributed by atoms with Crippen LogP contribution in [0.1, 0.15) is 40.5 Å². The van der Waals surface area contributed by atoms with Crippen molar-refractivity contribution in [2.45, 2.75) is 46.1 Å². The van der Waals surface area contributed by atoms with Crippen LogP contribution in [0.4, 0.5) is 4.79 Å². The van der Waals surface area contributed by atoms with E-state index in [1.165, 1.54) is 4.90 Å². The summed E-state index contributed by atoms with van der Waals surface area (Å²) in [5, 5.41) is 11.7. The molecule has 0 fully saturated rings. The SMILES string of the molecule is CCC(C)(CC)NC(=O)N(C)CC(C)C(=O)O. The second-order valence-corrected chi connectivity index (χ2v) is 4.82. The van der Waals surface area contributed by atoms with Crippen molar-refractivity contribution in [1.82, 2.24) is 10.2 Å². The Morgan fingerprint density at radius 1 is 1.35 bits per heavy atom. The predicted molar refractivity (Wildman–Crippen MR) is 66.9 cm³/mol. The Morgan fingerprint density at radius 2 is 1.82 bits per heavy atom. The topological polar surface area (TPSA) is 69.6 Å². The third-order valence-electron chi connectivity index (χ3n) is 3.29. The lowest BCUT2D eigenvalue weighted by atomic mass is 9.96. The van der Waals surface area contributed by atoms with Gasteiger partial charge in [0.2, 0.25) is 0 Å². The minimum atomic E-state index is -0.890. The van der Waals surface area contributed by atoms with Gasteiger partial charge >= 0.3 is 12.0 Å². The molecule has 1 atom stereocenters. The summed E-state index contributed by atoms with van der Waals surface area (Å²) >= 11 is 0. The average Bonchev–Trinajstić information content (AvgIpc) is 2.28. The van der Waals surface area contributed by atoms with Gasteiger partial charge in [-0.2, -0.15) is 0 Å². The molecule has 0 saturated heterocycles. The molecule has 0 aliphatic heterocycles. The van der Waals surface area contributed by atoms with Crippen LogP contribution in [0.2, 0.25) is 0 Å². The number of aliphatic carboxylic acids is 1. The van der Waals surface area contributed by atoms with E-state index < -0.39 is 11.9 Å². The summed E-state index contributed by atoms with van der Waals surface area (Å²) in [6, 6.07) is -0.218. The van der Waals surface area contributed by atoms with Crippen LogP contribution < -0.4 is 5.32 Å². The van der Waals surface area contributed by atoms with Gasteiger partial charge in [0.25, 0.3) is 0 Å². The molecule has 0 rings (SSSR count). The molecule has 0 aromatic heterocycles. The molecule has 0 aromatic rings. The third kappa shape index (κ3) is 5.06. The lowest BCUT2D eigenvalue weighted by Crippen LogP contribution is -2.51. The highest BCUT2D eigenvalue weighted by Crippen LogP contribution is 2.14. The van der Waals surface area contributed by atoms with E-state index in [1.807, 2.05) is 20.8 Å². The molecule has 17 heavy (non-hydrogen) atoms. The maximum Gasteiger partial charge on any atom is 0.317 e. The number of carboxylic acids is 1. The number of urea groups is 1. The first-order valence-corrected chi connectivity index (χ1v) is 6.01. The Labute approximate surface area is 103 Å². The molecule has 0 heterocycles. The van der Waals surface area contributed by atoms with E-state index in [-0.39, 0.29) is 18.1 Å². The van der Waals surface area contributed by atoms with Crippen LogP contribution in [0.5, 0.6) is 0 Å². The summed E-state index contributed by atoms with van der Waals surface area (Å²) in [7, 11) is 1.61. The monoisotopic (exact) mass is 244 g/mol. The molecule has 100 valence electrons. The first kappa shape index (κ1) is 15.7. The van der Waals surface area contributed by atoms with E-state index in [0.717, 1.165) is 12.8 Å². The highest BCUT2D eigenvalue weighted by Gasteiger charge is 2.25. The molecule has 0 saturated carbocycles. The van der Waals surface area contributed by atoms with Gasteiger partial charge in [0.05, 0.1) is 5.92 Å². The second-order valence-electron chi connectivity index (χ2n) is 4.82. The van der Waals surface area contributed by atoms with E-state index in [2.05, 4.69) is 5.32 Å². The first-order chi connectivity index (χ1) is 7.75. The van der Waals surface area contributed by atoms with Crippen molar-refractivity contribution in [2.24, 2.45) is 5.92 Å². The lowest BCUT2D eigenvalue weighted by molar-refractivity contribution is -0.141. The van der Waals surface area contributed by atoms with Crippen LogP contribution in [0.25, 0.3) is 0 Å². The molecule has 5 nitrogen and oxygen atoms in total. The van der Waals surface area contributed by atoms with Crippen molar-refractivity contribution in [3.8, 4) is 0 Å². The number of nitrogens with one attached hydrogen (secondary N) is 1. The van der Waals surface area contributed by atoms with Crippen LogP contribution in [0.15, 0.2) is 0 Å². The largest absolute Gasteiger partial charge is 0.481 e. The Balaban J connectivity index is 4.37. The fraction of sp³-hybridized carbons (Fsp3) is 0.833. The van der Waals surface area contributed by atoms with Crippen LogP contribution in [0, 0.1) is 5.92 Å². The molecule has 0 aliphatic carbocycles. The molecule has 5 heteroatoms. The quantitative estimate of drug-likeness (QED) is 0.750. The number of carbonyl (C=O) groups excluding carboxylic acids is 1. The smallest absolute Gasteiger partial charge is 0.317 e. The van der Waals surface area contributed by atoms with Gasteiger partial charge in [-0.25, -0.2) is 4.79 Å². The van der Waals surface area contributed by atoms with Crippen molar-refractivity contribution < 1.29 is 14.7 Å². The fourth-order valence-corrected chi connectivity index (χ4v) is 1.35. The van der Waals surface area contributed by atoms with Crippen molar-refractivity contribution in [1.29, 1.82) is 0 Å². The second kappa shape index (κ2) is 6.47. The highest BCUT2D eigenvalue weighted by molar-refractivity contribution is 5.76. The summed E-state index contributed by atoms with van der Waals surface area (Å²) in [5.41, 5.74) is -0.224. The van der Waals surface area contributed by atoms with Crippen LogP contribution in [-0.2, 0) is 4.79 Å². The summed E-state index contributed by atoms with van der Waals surface area (Å²) in [6.07, 6.45) is 1.69. The number of rotatable bonds is 6. The maximum atomic E-state index is 11.9. The minimum absolute atomic E-state index is 0.213. The van der Waals surface area contributed by atoms with E-state index >= 15 is 0 Å². The number of hydrogen-bond donors (Lipinski definition) is 2. The van der Waals surface area contributed by atoms with Gasteiger partial charge in [0, 0.05) is 19.1 Å². The van der Waals surface area contributed by atoms with E-state index in [9.17, 15) is 9.59 Å². The van der Waals surface area contributed by atoms with Crippen molar-refractivity contribution in [2.75, 3.05) is 13.6 Å². The fourth-order valence-electron chi connectivity index (χ4n) is 1.35. The van der Waals surface area contributed by atoms with Gasteiger partial charge in [-0.1, -0.05) is 20.8 Å². The summed E-state index contributed by atoms with van der Waals surface area (Å²) in [6.45, 7) is 7.82. The number of hydrogen-bond acceptors (Lipinski definition) is 2. The van der Waals surface area contributed by atoms with Gasteiger partial charge in [0.15, 0.2) is 0 Å². The Kier molecular flexibility index (Phi) is 5.99. The summed E-state index contributed by atoms with van der Waals surface area (Å²) in [5.74, 6) is -1.45. The molecular weight excluding hydrogens is 220 g/mol. The summed E-state index contributed by atoms with van der Waals surface area (Å²) in [4.78, 5) is 24.0. The number of amides is 2. The van der Waals surface area contributed by atoms with Gasteiger partial charge in [0.1, 0.15) is 0 Å². The molecular formula is C12H24N2O3. The Bertz CT molecular complexity index is 275. The zero-order chi connectivity index (χ0) is 13.6. The van der Waals surface area contributed by atoms with Gasteiger partial charge in [-0.3, -0.25) is 4.79 Å². The molecule has 0 aliphatic rings. The molecule has 0 aromatic carbocycles. The van der Waals surface area contributed by atoms with Gasteiger partial charge in [-0.15, -0.1) is 0 Å². The third-order valence-corrected chi connectivity index (χ3v) is 3.29. The standard InChI is InChI=1S/C12H24N2O3/c1-6-12(4,7-2)13-11(17)14(5)8-9(3)10(15)16/h9H,6-8H2,1-5H3,(H,13,17)(H,15,16). The number of carbonyl (C=O) groups is 2. The first-order valence-electron chi connectivity index (χ1n) is 6.01. The lowest BCUT2D eigenvalue weighted by Gasteiger charge is -2.31. The van der Waals surface area contributed by atoms with Crippen LogP contribution in [-0.4, -0.2) is 41.1 Å². The van der Waals surface area contributed by atoms with Gasteiger partial charge in [-0.05, 0) is 19.8 Å². The molecule has 2 amide bonds. The predicted octanol–water partition coefficient (Wildman–Crippen LogP) is 1.93. The average molecular weight is 244 g/mol. The molecule has 1 unspecified atom stereocenters. The normalized spacial score (nSPS) is 13.0. The van der Waals surface area contributed by atoms with E-state index in [1.54, 1.807) is 14.0 Å². The maximum absolute atomic E-state index is 11.9. The Hall–Kier alpha value is -1.26. The number of nitrogens with zero attached hydrogens (tertiary/aromatic N) is 1. The zero-order valence-electron chi connectivity index (χ0n) is 11.4. The van der Waals surface area contributed by atoms with Crippen molar-refractivity contribution in [3.63, 3.8) is 0 Å². The molecule has 0 radical (unpaired) electrons. The van der Waals surface area contributed by atoms with E-state index in [0.29, 0.717) is 0 Å². The van der Waals surface area contributed by atoms with Gasteiger partial charge < -0.3 is 15.3 Å². The minimum Gasteiger partial charge on any atom is -0.481 e. The number of carboxylic acid groups (broad SMARTS) is 1. The van der Waals surface area contributed by atoms with E-state index in [4.69, 9.17) is 5.11 Å². The molecule has 0 bridgehead atoms. The molecule has 2 N–H and O–H groups in total. The van der Waals surface area contributed by atoms with Crippen molar-refractivity contribution >= 4 is 12.0 Å². The highest BCUT2D eigenvalue weighted by atomic mass is 16.4. The zero-order valence-corrected chi connectivity index (χ0v) is 11.4.